The van der Waals surface area contributed by atoms with Crippen LogP contribution in [0.5, 0.6) is 0 Å². The average Bonchev–Trinajstić information content (AvgIpc) is 0. The van der Waals surface area contributed by atoms with Crippen molar-refractivity contribution < 1.29 is 11.0 Å². The third-order valence-corrected chi connectivity index (χ3v) is 0. The Hall–Kier alpha value is 1.21. The minimum atomic E-state index is 0. The molecule has 0 aliphatic rings. The monoisotopic (exact) mass is 96.0 g/mol. The van der Waals surface area contributed by atoms with Gasteiger partial charge in [0.2, 0.25) is 0 Å². The Morgan fingerprint density at radius 3 is 0.750 bits per heavy atom. The number of rotatable bonds is 0. The molecule has 2 nitrogen and oxygen atoms in total. The van der Waals surface area contributed by atoms with Crippen LogP contribution < -0.4 is 0 Å². The van der Waals surface area contributed by atoms with Gasteiger partial charge in [0.15, 0.2) is 0 Å². The van der Waals surface area contributed by atoms with Crippen LogP contribution >= 0.6 is 12.4 Å². The molecule has 4 N–H and O–H groups in total. The maximum atomic E-state index is 0. The van der Waals surface area contributed by atoms with Crippen molar-refractivity contribution in [3.63, 3.8) is 0 Å². The molecular formula is H6ClNaO2. The fraction of sp³-hybridized carbons (Fsp3) is 0. The van der Waals surface area contributed by atoms with E-state index in [0.717, 1.165) is 0 Å². The van der Waals surface area contributed by atoms with Crippen molar-refractivity contribution in [3.05, 3.63) is 0 Å². The van der Waals surface area contributed by atoms with Crippen LogP contribution in [0.2, 0.25) is 0 Å². The fourth-order valence-electron chi connectivity index (χ4n) is 0. The first-order valence-electron chi connectivity index (χ1n) is 0. The molecule has 0 aliphatic carbocycles. The van der Waals surface area contributed by atoms with E-state index >= 15 is 0 Å². The summed E-state index contributed by atoms with van der Waals surface area (Å²) < 4.78 is 0. The zero-order valence-electron chi connectivity index (χ0n) is 1.41. The van der Waals surface area contributed by atoms with E-state index in [1.807, 2.05) is 0 Å². The van der Waals surface area contributed by atoms with Crippen LogP contribution in [-0.2, 0) is 0 Å². The zero-order valence-corrected chi connectivity index (χ0v) is 2.22. The summed E-state index contributed by atoms with van der Waals surface area (Å²) in [5, 5.41) is 0. The maximum absolute atomic E-state index is 0. The van der Waals surface area contributed by atoms with Gasteiger partial charge < -0.3 is 11.0 Å². The van der Waals surface area contributed by atoms with E-state index in [0.29, 0.717) is 0 Å². The standard InChI is InChI=1S/ClH.Na.2H2O.H/h1H;;2*1H2;. The summed E-state index contributed by atoms with van der Waals surface area (Å²) in [5.41, 5.74) is 0. The van der Waals surface area contributed by atoms with Gasteiger partial charge in [0.25, 0.3) is 0 Å². The van der Waals surface area contributed by atoms with E-state index in [1.165, 1.54) is 0 Å². The number of hydrogen-bond acceptors (Lipinski definition) is 0. The first-order chi connectivity index (χ1) is 0. The van der Waals surface area contributed by atoms with Crippen molar-refractivity contribution in [3.8, 4) is 0 Å². The Bertz CT molecular complexity index is 6.00. The van der Waals surface area contributed by atoms with E-state index in [2.05, 4.69) is 0 Å². The summed E-state index contributed by atoms with van der Waals surface area (Å²) in [6.45, 7) is 0. The van der Waals surface area contributed by atoms with Crippen molar-refractivity contribution in [2.75, 3.05) is 0 Å². The third kappa shape index (κ3) is 10.7. The molecule has 0 saturated heterocycles. The van der Waals surface area contributed by atoms with Crippen LogP contribution in [0, 0.1) is 0 Å². The summed E-state index contributed by atoms with van der Waals surface area (Å²) in [5.74, 6) is 0. The molecule has 0 aromatic carbocycles. The van der Waals surface area contributed by atoms with Crippen LogP contribution in [0.1, 0.15) is 0 Å². The summed E-state index contributed by atoms with van der Waals surface area (Å²) in [4.78, 5) is 0. The predicted octanol–water partition coefficient (Wildman–Crippen LogP) is -1.88. The minimum absolute atomic E-state index is 0. The normalized spacial score (nSPS) is 0. The van der Waals surface area contributed by atoms with Crippen LogP contribution in [0.15, 0.2) is 0 Å². The second-order valence-corrected chi connectivity index (χ2v) is 0. The topological polar surface area (TPSA) is 63.0 Å². The molecule has 0 aromatic rings. The van der Waals surface area contributed by atoms with Gasteiger partial charge in [-0.05, 0) is 0 Å². The first-order valence-corrected chi connectivity index (χ1v) is 0. The predicted molar refractivity (Wildman–Crippen MR) is 21.6 cm³/mol. The van der Waals surface area contributed by atoms with Crippen molar-refractivity contribution in [2.45, 2.75) is 0 Å². The Morgan fingerprint density at radius 2 is 0.750 bits per heavy atom. The molecule has 26 valence electrons. The Kier molecular flexibility index (Phi) is 467. The molecule has 0 aliphatic heterocycles. The second-order valence-electron chi connectivity index (χ2n) is 0. The Balaban J connectivity index is 0. The molecule has 0 bridgehead atoms. The quantitative estimate of drug-likeness (QED) is 0.317. The Labute approximate surface area is 52.9 Å². The van der Waals surface area contributed by atoms with Gasteiger partial charge in [-0.2, -0.15) is 0 Å². The van der Waals surface area contributed by atoms with Crippen LogP contribution in [0.3, 0.4) is 0 Å². The van der Waals surface area contributed by atoms with Crippen molar-refractivity contribution >= 4 is 42.0 Å². The van der Waals surface area contributed by atoms with E-state index in [4.69, 9.17) is 0 Å². The molecule has 0 amide bonds. The van der Waals surface area contributed by atoms with Crippen molar-refractivity contribution in [2.24, 2.45) is 0 Å². The molecule has 0 spiro atoms. The van der Waals surface area contributed by atoms with Gasteiger partial charge in [-0.3, -0.25) is 0 Å². The summed E-state index contributed by atoms with van der Waals surface area (Å²) in [6.07, 6.45) is 0. The molecule has 0 atom stereocenters. The molecule has 0 heterocycles. The van der Waals surface area contributed by atoms with Crippen LogP contribution in [0.4, 0.5) is 0 Å². The summed E-state index contributed by atoms with van der Waals surface area (Å²) in [7, 11) is 0. The van der Waals surface area contributed by atoms with Crippen LogP contribution in [-0.4, -0.2) is 40.5 Å². The van der Waals surface area contributed by atoms with Crippen molar-refractivity contribution in [1.82, 2.24) is 0 Å². The SMILES string of the molecule is Cl.O.O.[NaH]. The molecule has 4 heavy (non-hydrogen) atoms. The second kappa shape index (κ2) is 29.6. The first kappa shape index (κ1) is 63.1. The molecule has 0 fully saturated rings. The molecule has 0 aromatic heterocycles. The molecular weight excluding hydrogens is 90.4 g/mol. The van der Waals surface area contributed by atoms with Gasteiger partial charge in [-0.15, -0.1) is 12.4 Å². The van der Waals surface area contributed by atoms with Crippen molar-refractivity contribution in [1.29, 1.82) is 0 Å². The summed E-state index contributed by atoms with van der Waals surface area (Å²) >= 11 is 0. The van der Waals surface area contributed by atoms with Gasteiger partial charge in [-0.1, -0.05) is 0 Å². The van der Waals surface area contributed by atoms with E-state index < -0.39 is 0 Å². The van der Waals surface area contributed by atoms with Gasteiger partial charge in [0, 0.05) is 0 Å². The zero-order chi connectivity index (χ0) is 0. The fourth-order valence-corrected chi connectivity index (χ4v) is 0. The van der Waals surface area contributed by atoms with E-state index in [9.17, 15) is 0 Å². The van der Waals surface area contributed by atoms with Crippen LogP contribution in [0.25, 0.3) is 0 Å². The molecule has 0 rings (SSSR count). The number of halogens is 1. The molecule has 0 radical (unpaired) electrons. The third-order valence-electron chi connectivity index (χ3n) is 0. The van der Waals surface area contributed by atoms with Gasteiger partial charge in [0.05, 0.1) is 0 Å². The molecule has 4 heteroatoms. The van der Waals surface area contributed by atoms with Gasteiger partial charge in [0.1, 0.15) is 0 Å². The van der Waals surface area contributed by atoms with E-state index in [1.54, 1.807) is 0 Å². The summed E-state index contributed by atoms with van der Waals surface area (Å²) in [6, 6.07) is 0. The Morgan fingerprint density at radius 1 is 0.750 bits per heavy atom. The molecule has 0 saturated carbocycles. The number of hydrogen-bond donors (Lipinski definition) is 0. The van der Waals surface area contributed by atoms with Gasteiger partial charge >= 0.3 is 29.6 Å². The molecule has 0 unspecified atom stereocenters. The van der Waals surface area contributed by atoms with Gasteiger partial charge in [-0.25, -0.2) is 0 Å². The average molecular weight is 96.5 g/mol. The van der Waals surface area contributed by atoms with E-state index in [-0.39, 0.29) is 52.9 Å².